The van der Waals surface area contributed by atoms with E-state index in [-0.39, 0.29) is 0 Å². The molecule has 0 radical (unpaired) electrons. The molecule has 9 aliphatic carbocycles. The number of allylic oxidation sites excluding steroid dienone is 30. The molecule has 1 aromatic carbocycles. The van der Waals surface area contributed by atoms with Gasteiger partial charge in [0.05, 0.1) is 0 Å². The number of rotatable bonds is 5. The maximum absolute atomic E-state index is 2.57. The second-order valence-corrected chi connectivity index (χ2v) is 15.8. The molecule has 0 fully saturated rings. The Labute approximate surface area is 309 Å². The van der Waals surface area contributed by atoms with Crippen molar-refractivity contribution in [3.05, 3.63) is 212 Å². The molecule has 0 aliphatic heterocycles. The Morgan fingerprint density at radius 1 is 0.462 bits per heavy atom. The van der Waals surface area contributed by atoms with Crippen LogP contribution in [0.1, 0.15) is 64.2 Å². The van der Waals surface area contributed by atoms with Gasteiger partial charge in [-0.2, -0.15) is 0 Å². The zero-order chi connectivity index (χ0) is 34.4. The molecular weight excluding hydrogens is 625 g/mol. The lowest BCUT2D eigenvalue weighted by Crippen LogP contribution is -2.35. The molecule has 0 saturated carbocycles. The molecule has 256 valence electrons. The summed E-state index contributed by atoms with van der Waals surface area (Å²) in [5.41, 5.74) is 18.4. The van der Waals surface area contributed by atoms with Crippen LogP contribution in [0.25, 0.3) is 11.1 Å². The van der Waals surface area contributed by atoms with Crippen LogP contribution in [-0.2, 0) is 0 Å². The minimum absolute atomic E-state index is 0.376. The first-order valence-electron chi connectivity index (χ1n) is 20.0. The molecule has 1 aromatic rings. The topological polar surface area (TPSA) is 0 Å². The van der Waals surface area contributed by atoms with Crippen molar-refractivity contribution >= 4 is 11.1 Å². The maximum atomic E-state index is 2.57. The summed E-state index contributed by atoms with van der Waals surface area (Å²) in [4.78, 5) is 0. The zero-order valence-electron chi connectivity index (χ0n) is 30.2. The Morgan fingerprint density at radius 2 is 1.13 bits per heavy atom. The van der Waals surface area contributed by atoms with E-state index in [4.69, 9.17) is 0 Å². The van der Waals surface area contributed by atoms with Crippen molar-refractivity contribution in [2.75, 3.05) is 0 Å². The molecule has 0 heteroatoms. The van der Waals surface area contributed by atoms with Crippen molar-refractivity contribution in [2.24, 2.45) is 23.7 Å². The van der Waals surface area contributed by atoms with Crippen LogP contribution in [0.15, 0.2) is 202 Å². The number of benzene rings is 1. The Balaban J connectivity index is 1.00. The average Bonchev–Trinajstić information content (AvgIpc) is 3.22. The summed E-state index contributed by atoms with van der Waals surface area (Å²) in [6, 6.07) is 9.33. The smallest absolute Gasteiger partial charge is 0.0128 e. The van der Waals surface area contributed by atoms with Gasteiger partial charge in [0.1, 0.15) is 0 Å². The molecular formula is C52H48. The fourth-order valence-corrected chi connectivity index (χ4v) is 10.5. The third-order valence-electron chi connectivity index (χ3n) is 13.0. The van der Waals surface area contributed by atoms with Gasteiger partial charge in [-0.15, -0.1) is 0 Å². The first kappa shape index (κ1) is 31.8. The predicted molar refractivity (Wildman–Crippen MR) is 219 cm³/mol. The molecule has 0 saturated heterocycles. The summed E-state index contributed by atoms with van der Waals surface area (Å²) in [6.07, 6.45) is 59.3. The summed E-state index contributed by atoms with van der Waals surface area (Å²) in [7, 11) is 0. The van der Waals surface area contributed by atoms with Crippen molar-refractivity contribution in [3.8, 4) is 0 Å². The van der Waals surface area contributed by atoms with E-state index in [0.717, 1.165) is 44.9 Å². The predicted octanol–water partition coefficient (Wildman–Crippen LogP) is 11.5. The molecule has 9 aliphatic rings. The van der Waals surface area contributed by atoms with Gasteiger partial charge < -0.3 is 0 Å². The van der Waals surface area contributed by atoms with Crippen LogP contribution in [0.5, 0.6) is 0 Å². The summed E-state index contributed by atoms with van der Waals surface area (Å²) >= 11 is 0. The molecule has 0 N–H and O–H groups in total. The van der Waals surface area contributed by atoms with Crippen LogP contribution in [0.3, 0.4) is 0 Å². The van der Waals surface area contributed by atoms with Crippen LogP contribution in [0.4, 0.5) is 0 Å². The van der Waals surface area contributed by atoms with Gasteiger partial charge in [0.25, 0.3) is 0 Å². The summed E-state index contributed by atoms with van der Waals surface area (Å²) in [5.74, 6) is 1.73. The maximum Gasteiger partial charge on any atom is 0.0128 e. The van der Waals surface area contributed by atoms with E-state index in [2.05, 4.69) is 146 Å². The minimum atomic E-state index is 0.376. The number of hydrogen-bond donors (Lipinski definition) is 0. The number of fused-ring (bicyclic) bond motifs is 3. The van der Waals surface area contributed by atoms with Crippen molar-refractivity contribution in [2.45, 2.75) is 64.2 Å². The van der Waals surface area contributed by atoms with Crippen molar-refractivity contribution < 1.29 is 0 Å². The standard InChI is InChI=1S/C52H48/c1-3-18-41-35(12-1)14-10-24-43(41)37-26-28-38(29-27-37)45-30-32-51(49-22-7-5-20-47(45)49)52-33-31-46(48-21-6-8-23-50(48)52)40-17-9-16-39(34-40)44-25-11-15-36-13-2-4-19-42(36)44/h1-3,5-8,10,12-14,16,18,20-26,28,30,32,34-35,41,47,49H,4,9,11,15,17,19,27,29,31,33H2. The molecule has 4 atom stereocenters. The van der Waals surface area contributed by atoms with Crippen LogP contribution >= 0.6 is 0 Å². The van der Waals surface area contributed by atoms with Crippen molar-refractivity contribution in [1.29, 1.82) is 0 Å². The summed E-state index contributed by atoms with van der Waals surface area (Å²) < 4.78 is 0. The van der Waals surface area contributed by atoms with Gasteiger partial charge in [0, 0.05) is 23.7 Å². The Bertz CT molecular complexity index is 2340. The highest BCUT2D eigenvalue weighted by Gasteiger charge is 2.33. The minimum Gasteiger partial charge on any atom is -0.0839 e. The summed E-state index contributed by atoms with van der Waals surface area (Å²) in [6.45, 7) is 0. The van der Waals surface area contributed by atoms with Crippen LogP contribution in [0.2, 0.25) is 0 Å². The Morgan fingerprint density at radius 3 is 1.96 bits per heavy atom. The first-order chi connectivity index (χ1) is 25.8. The third kappa shape index (κ3) is 5.59. The quantitative estimate of drug-likeness (QED) is 0.292. The van der Waals surface area contributed by atoms with E-state index < -0.39 is 0 Å². The van der Waals surface area contributed by atoms with Gasteiger partial charge in [-0.05, 0) is 142 Å². The molecule has 0 aromatic heterocycles. The van der Waals surface area contributed by atoms with E-state index >= 15 is 0 Å². The monoisotopic (exact) mass is 672 g/mol. The number of hydrogen-bond acceptors (Lipinski definition) is 0. The highest BCUT2D eigenvalue weighted by atomic mass is 14.4. The first-order valence-corrected chi connectivity index (χ1v) is 20.0. The van der Waals surface area contributed by atoms with Gasteiger partial charge in [-0.25, -0.2) is 0 Å². The van der Waals surface area contributed by atoms with E-state index in [1.165, 1.54) is 68.7 Å². The van der Waals surface area contributed by atoms with E-state index in [0.29, 0.717) is 23.7 Å². The van der Waals surface area contributed by atoms with Gasteiger partial charge in [-0.1, -0.05) is 146 Å². The van der Waals surface area contributed by atoms with Crippen molar-refractivity contribution in [1.82, 2.24) is 0 Å². The van der Waals surface area contributed by atoms with Gasteiger partial charge in [0.15, 0.2) is 0 Å². The van der Waals surface area contributed by atoms with Crippen LogP contribution in [-0.4, -0.2) is 0 Å². The Hall–Kier alpha value is -4.94. The molecule has 0 spiro atoms. The highest BCUT2D eigenvalue weighted by Crippen LogP contribution is 2.47. The second-order valence-electron chi connectivity index (χ2n) is 15.8. The van der Waals surface area contributed by atoms with Crippen LogP contribution < -0.4 is 10.4 Å². The second kappa shape index (κ2) is 13.6. The summed E-state index contributed by atoms with van der Waals surface area (Å²) in [5, 5.41) is 2.91. The van der Waals surface area contributed by atoms with Crippen LogP contribution in [0, 0.1) is 23.7 Å². The molecule has 4 unspecified atom stereocenters. The van der Waals surface area contributed by atoms with Gasteiger partial charge in [-0.3, -0.25) is 0 Å². The molecule has 0 nitrogen and oxygen atoms in total. The highest BCUT2D eigenvalue weighted by molar-refractivity contribution is 5.78. The lowest BCUT2D eigenvalue weighted by molar-refractivity contribution is 0.597. The molecule has 0 amide bonds. The van der Waals surface area contributed by atoms with Gasteiger partial charge in [0.2, 0.25) is 0 Å². The fourth-order valence-electron chi connectivity index (χ4n) is 10.5. The average molecular weight is 673 g/mol. The molecule has 0 bridgehead atoms. The Kier molecular flexibility index (Phi) is 8.28. The lowest BCUT2D eigenvalue weighted by Gasteiger charge is -2.36. The lowest BCUT2D eigenvalue weighted by atomic mass is 9.68. The molecule has 10 rings (SSSR count). The van der Waals surface area contributed by atoms with Crippen molar-refractivity contribution in [3.63, 3.8) is 0 Å². The largest absolute Gasteiger partial charge is 0.0839 e. The SMILES string of the molecule is C1=CC2C=CC=C(C3=CC=C(C4=CC=C(C5=c6ccccc6=C(C6=CC(C7=CCCC8=C7CCC=C8)=CCC6)CC5)C5C=CC=CC45)CC3)C2C=C1. The van der Waals surface area contributed by atoms with E-state index in [1.807, 2.05) is 0 Å². The molecule has 0 heterocycles. The normalized spacial score (nSPS) is 28.7. The van der Waals surface area contributed by atoms with Gasteiger partial charge >= 0.3 is 0 Å². The third-order valence-corrected chi connectivity index (χ3v) is 13.0. The van der Waals surface area contributed by atoms with E-state index in [9.17, 15) is 0 Å². The fraction of sp³-hybridized carbons (Fsp3) is 0.269. The zero-order valence-corrected chi connectivity index (χ0v) is 30.2. The van der Waals surface area contributed by atoms with E-state index in [1.54, 1.807) is 27.9 Å². The molecule has 52 heavy (non-hydrogen) atoms.